The molecule has 4 aliphatic rings. The average molecular weight is 405 g/mol. The number of carboxylic acids is 1. The van der Waals surface area contributed by atoms with Gasteiger partial charge in [-0.15, -0.1) is 0 Å². The van der Waals surface area contributed by atoms with Crippen LogP contribution in [0.4, 0.5) is 0 Å². The predicted octanol–water partition coefficient (Wildman–Crippen LogP) is 5.08. The van der Waals surface area contributed by atoms with Crippen molar-refractivity contribution < 1.29 is 19.8 Å². The van der Waals surface area contributed by atoms with Crippen molar-refractivity contribution in [3.05, 3.63) is 0 Å². The van der Waals surface area contributed by atoms with Crippen molar-refractivity contribution in [3.8, 4) is 0 Å². The second-order valence-electron chi connectivity index (χ2n) is 11.2. The first kappa shape index (κ1) is 21.3. The maximum absolute atomic E-state index is 13.3. The van der Waals surface area contributed by atoms with Gasteiger partial charge in [-0.3, -0.25) is 9.59 Å². The molecule has 9 atom stereocenters. The van der Waals surface area contributed by atoms with E-state index < -0.39 is 5.97 Å². The summed E-state index contributed by atoms with van der Waals surface area (Å²) in [6.07, 6.45) is 11.4. The maximum atomic E-state index is 13.3. The smallest absolute Gasteiger partial charge is 0.303 e. The Kier molecular flexibility index (Phi) is 6.12. The van der Waals surface area contributed by atoms with Gasteiger partial charge in [0.1, 0.15) is 5.78 Å². The molecule has 0 saturated heterocycles. The summed E-state index contributed by atoms with van der Waals surface area (Å²) in [5.74, 6) is 3.22. The number of carbonyl (C=O) groups excluding carboxylic acids is 1. The average Bonchev–Trinajstić information content (AvgIpc) is 3.02. The summed E-state index contributed by atoms with van der Waals surface area (Å²) < 4.78 is 0. The van der Waals surface area contributed by atoms with Gasteiger partial charge in [-0.05, 0) is 105 Å². The van der Waals surface area contributed by atoms with Gasteiger partial charge in [0.05, 0.1) is 6.10 Å². The molecule has 3 unspecified atom stereocenters. The Hall–Kier alpha value is -0.900. The predicted molar refractivity (Wildman–Crippen MR) is 112 cm³/mol. The van der Waals surface area contributed by atoms with Gasteiger partial charge >= 0.3 is 5.97 Å². The van der Waals surface area contributed by atoms with E-state index in [2.05, 4.69) is 13.8 Å². The van der Waals surface area contributed by atoms with Crippen LogP contribution < -0.4 is 0 Å². The van der Waals surface area contributed by atoms with Crippen LogP contribution in [0, 0.1) is 46.8 Å². The van der Waals surface area contributed by atoms with Crippen molar-refractivity contribution in [1.82, 2.24) is 0 Å². The first-order valence-electron chi connectivity index (χ1n) is 12.2. The molecule has 29 heavy (non-hydrogen) atoms. The molecule has 4 aliphatic carbocycles. The number of carbonyl (C=O) groups is 2. The van der Waals surface area contributed by atoms with E-state index in [4.69, 9.17) is 5.11 Å². The van der Waals surface area contributed by atoms with E-state index in [0.717, 1.165) is 25.7 Å². The van der Waals surface area contributed by atoms with Crippen molar-refractivity contribution in [1.29, 1.82) is 0 Å². The van der Waals surface area contributed by atoms with Gasteiger partial charge in [-0.1, -0.05) is 13.8 Å². The number of aliphatic carboxylic acids is 1. The van der Waals surface area contributed by atoms with Gasteiger partial charge < -0.3 is 10.2 Å². The van der Waals surface area contributed by atoms with Crippen LogP contribution in [-0.4, -0.2) is 28.1 Å². The number of carboxylic acid groups (broad SMARTS) is 1. The van der Waals surface area contributed by atoms with Crippen LogP contribution in [-0.2, 0) is 9.59 Å². The van der Waals surface area contributed by atoms with E-state index in [0.29, 0.717) is 47.7 Å². The molecule has 0 amide bonds. The van der Waals surface area contributed by atoms with Gasteiger partial charge in [-0.25, -0.2) is 0 Å². The SMILES string of the molecule is C[C@H](CCC(=O)O)[C@H]1CCC2C3CC(=O)[C@@H]4C[C@H](O)CC[C@H]4CCC3CC[C@@]21C. The molecule has 0 heterocycles. The Morgan fingerprint density at radius 1 is 1.10 bits per heavy atom. The largest absolute Gasteiger partial charge is 0.481 e. The summed E-state index contributed by atoms with van der Waals surface area (Å²) in [4.78, 5) is 24.4. The van der Waals surface area contributed by atoms with E-state index >= 15 is 0 Å². The Bertz CT molecular complexity index is 630. The normalized spacial score (nSPS) is 46.0. The van der Waals surface area contributed by atoms with Gasteiger partial charge in [0.15, 0.2) is 0 Å². The number of aliphatic hydroxyl groups excluding tert-OH is 1. The first-order chi connectivity index (χ1) is 13.8. The third-order valence-corrected chi connectivity index (χ3v) is 9.88. The molecular weight excluding hydrogens is 364 g/mol. The fraction of sp³-hybridized carbons (Fsp3) is 0.920. The summed E-state index contributed by atoms with van der Waals surface area (Å²) in [6, 6.07) is 0. The van der Waals surface area contributed by atoms with E-state index in [1.165, 1.54) is 38.5 Å². The standard InChI is InChI=1S/C25H40O4/c1-15(3-10-24(28)29)21-8-9-22-19-14-23(27)20-13-18(26)7-6-16(20)4-5-17(19)11-12-25(21,22)2/h15-22,26H,3-14H2,1-2H3,(H,28,29)/t15-,16-,17?,18-,19?,20-,21-,22?,25-/m1/s1. The monoisotopic (exact) mass is 404 g/mol. The molecule has 0 aliphatic heterocycles. The molecule has 0 aromatic carbocycles. The Morgan fingerprint density at radius 2 is 1.83 bits per heavy atom. The zero-order valence-corrected chi connectivity index (χ0v) is 18.3. The lowest BCUT2D eigenvalue weighted by molar-refractivity contribution is -0.138. The van der Waals surface area contributed by atoms with Crippen molar-refractivity contribution in [3.63, 3.8) is 0 Å². The fourth-order valence-corrected chi connectivity index (χ4v) is 8.32. The molecule has 4 rings (SSSR count). The minimum atomic E-state index is -0.685. The van der Waals surface area contributed by atoms with Crippen molar-refractivity contribution >= 4 is 11.8 Å². The summed E-state index contributed by atoms with van der Waals surface area (Å²) in [7, 11) is 0. The zero-order valence-electron chi connectivity index (χ0n) is 18.3. The minimum Gasteiger partial charge on any atom is -0.481 e. The summed E-state index contributed by atoms with van der Waals surface area (Å²) >= 11 is 0. The second-order valence-corrected chi connectivity index (χ2v) is 11.2. The highest BCUT2D eigenvalue weighted by molar-refractivity contribution is 5.82. The number of aliphatic hydroxyl groups is 1. The highest BCUT2D eigenvalue weighted by Gasteiger charge is 2.55. The molecule has 0 bridgehead atoms. The molecule has 0 radical (unpaired) electrons. The Labute approximate surface area is 175 Å². The fourth-order valence-electron chi connectivity index (χ4n) is 8.32. The first-order valence-corrected chi connectivity index (χ1v) is 12.2. The van der Waals surface area contributed by atoms with Gasteiger partial charge in [0.25, 0.3) is 0 Å². The van der Waals surface area contributed by atoms with Crippen LogP contribution >= 0.6 is 0 Å². The third kappa shape index (κ3) is 4.03. The van der Waals surface area contributed by atoms with Crippen molar-refractivity contribution in [2.45, 2.75) is 97.0 Å². The molecule has 0 aromatic rings. The number of hydrogen-bond donors (Lipinski definition) is 2. The summed E-state index contributed by atoms with van der Waals surface area (Å²) in [5.41, 5.74) is 0.268. The van der Waals surface area contributed by atoms with E-state index in [1.807, 2.05) is 0 Å². The molecule has 4 heteroatoms. The maximum Gasteiger partial charge on any atom is 0.303 e. The molecule has 0 spiro atoms. The van der Waals surface area contributed by atoms with Crippen LogP contribution in [0.3, 0.4) is 0 Å². The molecule has 4 nitrogen and oxygen atoms in total. The lowest BCUT2D eigenvalue weighted by Gasteiger charge is -2.51. The van der Waals surface area contributed by atoms with Gasteiger partial charge in [-0.2, -0.15) is 0 Å². The second kappa shape index (κ2) is 8.32. The van der Waals surface area contributed by atoms with Gasteiger partial charge in [0, 0.05) is 18.8 Å². The molecule has 0 aromatic heterocycles. The molecular formula is C25H40O4. The molecule has 2 N–H and O–H groups in total. The summed E-state index contributed by atoms with van der Waals surface area (Å²) in [6.45, 7) is 4.71. The highest BCUT2D eigenvalue weighted by atomic mass is 16.4. The van der Waals surface area contributed by atoms with Gasteiger partial charge in [0.2, 0.25) is 0 Å². The molecule has 4 saturated carbocycles. The van der Waals surface area contributed by atoms with Crippen LogP contribution in [0.15, 0.2) is 0 Å². The zero-order chi connectivity index (χ0) is 20.8. The lowest BCUT2D eigenvalue weighted by atomic mass is 9.53. The third-order valence-electron chi connectivity index (χ3n) is 9.88. The quantitative estimate of drug-likeness (QED) is 0.685. The van der Waals surface area contributed by atoms with Crippen molar-refractivity contribution in [2.75, 3.05) is 0 Å². The Morgan fingerprint density at radius 3 is 2.59 bits per heavy atom. The van der Waals surface area contributed by atoms with Crippen LogP contribution in [0.1, 0.15) is 90.9 Å². The molecule has 4 fully saturated rings. The van der Waals surface area contributed by atoms with Crippen LogP contribution in [0.25, 0.3) is 0 Å². The van der Waals surface area contributed by atoms with E-state index in [9.17, 15) is 14.7 Å². The minimum absolute atomic E-state index is 0.0968. The van der Waals surface area contributed by atoms with Crippen LogP contribution in [0.5, 0.6) is 0 Å². The number of Topliss-reactive ketones (excluding diaryl/α,β-unsaturated/α-hetero) is 1. The Balaban J connectivity index is 1.50. The number of hydrogen-bond acceptors (Lipinski definition) is 3. The van der Waals surface area contributed by atoms with E-state index in [1.54, 1.807) is 0 Å². The molecule has 164 valence electrons. The topological polar surface area (TPSA) is 74.6 Å². The summed E-state index contributed by atoms with van der Waals surface area (Å²) in [5, 5.41) is 19.2. The lowest BCUT2D eigenvalue weighted by Crippen LogP contribution is -2.46. The van der Waals surface area contributed by atoms with E-state index in [-0.39, 0.29) is 23.9 Å². The van der Waals surface area contributed by atoms with Crippen molar-refractivity contribution in [2.24, 2.45) is 46.8 Å². The number of ketones is 1. The van der Waals surface area contributed by atoms with Crippen LogP contribution in [0.2, 0.25) is 0 Å². The number of fused-ring (bicyclic) bond motifs is 4. The highest BCUT2D eigenvalue weighted by Crippen LogP contribution is 2.63. The number of rotatable bonds is 4.